The highest BCUT2D eigenvalue weighted by Crippen LogP contribution is 2.56. The molecule has 0 fully saturated rings. The van der Waals surface area contributed by atoms with Crippen LogP contribution in [0.15, 0.2) is 0 Å². The molecule has 0 atom stereocenters. The van der Waals surface area contributed by atoms with Crippen molar-refractivity contribution in [1.82, 2.24) is 0 Å². The molecular formula is C8H18IPS. The molecule has 0 aromatic heterocycles. The fourth-order valence-electron chi connectivity index (χ4n) is 0.900. The van der Waals surface area contributed by atoms with Gasteiger partial charge in [-0.25, -0.2) is 0 Å². The average Bonchev–Trinajstić information content (AvgIpc) is 1.97. The number of halogens is 1. The van der Waals surface area contributed by atoms with E-state index >= 15 is 0 Å². The molecule has 0 aromatic rings. The summed E-state index contributed by atoms with van der Waals surface area (Å²) in [7, 11) is 0. The summed E-state index contributed by atoms with van der Waals surface area (Å²) in [6, 6.07) is 0. The first-order valence-electron chi connectivity index (χ1n) is 4.40. The molecule has 68 valence electrons. The second kappa shape index (κ2) is 6.85. The molecule has 0 spiro atoms. The molecule has 0 aliphatic heterocycles. The van der Waals surface area contributed by atoms with Crippen LogP contribution in [0.3, 0.4) is 0 Å². The average molecular weight is 304 g/mol. The van der Waals surface area contributed by atoms with Crippen molar-refractivity contribution in [3.8, 4) is 0 Å². The van der Waals surface area contributed by atoms with Gasteiger partial charge in [0.25, 0.3) is 0 Å². The first kappa shape index (κ1) is 12.4. The quantitative estimate of drug-likeness (QED) is 0.517. The molecule has 0 amide bonds. The molecule has 11 heavy (non-hydrogen) atoms. The van der Waals surface area contributed by atoms with Gasteiger partial charge in [0.15, 0.2) is 0 Å². The Bertz CT molecular complexity index is 124. The molecule has 0 aromatic carbocycles. The van der Waals surface area contributed by atoms with Gasteiger partial charge in [0.1, 0.15) is 0 Å². The number of unbranched alkanes of at least 4 members (excludes halogenated alkanes) is 2. The van der Waals surface area contributed by atoms with Crippen LogP contribution in [0, 0.1) is 0 Å². The van der Waals surface area contributed by atoms with E-state index in [2.05, 4.69) is 35.9 Å². The third-order valence-corrected chi connectivity index (χ3v) is 7.65. The molecule has 0 aliphatic carbocycles. The number of hydrogen-bond acceptors (Lipinski definition) is 1. The van der Waals surface area contributed by atoms with Crippen molar-refractivity contribution in [3.05, 3.63) is 0 Å². The highest BCUT2D eigenvalue weighted by molar-refractivity contribution is 14.2. The van der Waals surface area contributed by atoms with E-state index in [1.165, 1.54) is 38.0 Å². The van der Waals surface area contributed by atoms with Crippen LogP contribution in [0.2, 0.25) is 0 Å². The zero-order chi connectivity index (χ0) is 8.74. The second-order valence-corrected chi connectivity index (χ2v) is 15.0. The maximum Gasteiger partial charge on any atom is 0.0129 e. The maximum atomic E-state index is 5.57. The predicted molar refractivity (Wildman–Crippen MR) is 67.9 cm³/mol. The van der Waals surface area contributed by atoms with Crippen molar-refractivity contribution in [2.45, 2.75) is 39.5 Å². The summed E-state index contributed by atoms with van der Waals surface area (Å²) < 4.78 is -0.922. The van der Waals surface area contributed by atoms with Crippen molar-refractivity contribution in [2.24, 2.45) is 0 Å². The summed E-state index contributed by atoms with van der Waals surface area (Å²) in [4.78, 5) is 0. The van der Waals surface area contributed by atoms with Crippen LogP contribution in [-0.4, -0.2) is 12.3 Å². The minimum absolute atomic E-state index is 0.922. The van der Waals surface area contributed by atoms with Crippen LogP contribution in [0.1, 0.15) is 39.5 Å². The van der Waals surface area contributed by atoms with Crippen molar-refractivity contribution in [1.29, 1.82) is 0 Å². The summed E-state index contributed by atoms with van der Waals surface area (Å²) in [6.45, 7) is 4.48. The van der Waals surface area contributed by atoms with Gasteiger partial charge < -0.3 is 0 Å². The molecule has 0 radical (unpaired) electrons. The van der Waals surface area contributed by atoms with Crippen LogP contribution in [0.4, 0.5) is 0 Å². The monoisotopic (exact) mass is 304 g/mol. The zero-order valence-corrected chi connectivity index (χ0v) is 11.3. The van der Waals surface area contributed by atoms with Crippen molar-refractivity contribution < 1.29 is 0 Å². The van der Waals surface area contributed by atoms with Gasteiger partial charge in [0, 0.05) is 3.68 Å². The fourth-order valence-corrected chi connectivity index (χ4v) is 5.52. The third-order valence-electron chi connectivity index (χ3n) is 1.69. The lowest BCUT2D eigenvalue weighted by Gasteiger charge is -2.12. The highest BCUT2D eigenvalue weighted by Gasteiger charge is 2.09. The standard InChI is InChI=1S/C8H18IPS/c1-3-5-7-10(9,11)8-6-4-2/h3-8H2,1-2H3. The number of hydrogen-bond donors (Lipinski definition) is 0. The SMILES string of the molecule is CCCCP(=S)(I)CCCC. The molecule has 0 bridgehead atoms. The predicted octanol–water partition coefficient (Wildman–Crippen LogP) is 4.42. The minimum Gasteiger partial charge on any atom is -0.0864 e. The molecule has 0 saturated carbocycles. The Morgan fingerprint density at radius 3 is 1.73 bits per heavy atom. The Balaban J connectivity index is 3.53. The maximum absolute atomic E-state index is 5.57. The lowest BCUT2D eigenvalue weighted by Crippen LogP contribution is -1.88. The Kier molecular flexibility index (Phi) is 7.71. The second-order valence-electron chi connectivity index (χ2n) is 2.94. The minimum atomic E-state index is -0.922. The van der Waals surface area contributed by atoms with E-state index in [0.717, 1.165) is 0 Å². The van der Waals surface area contributed by atoms with Crippen LogP contribution in [0.25, 0.3) is 0 Å². The van der Waals surface area contributed by atoms with Crippen LogP contribution < -0.4 is 0 Å². The summed E-state index contributed by atoms with van der Waals surface area (Å²) in [5.41, 5.74) is 0. The van der Waals surface area contributed by atoms with E-state index in [9.17, 15) is 0 Å². The molecule has 0 nitrogen and oxygen atoms in total. The van der Waals surface area contributed by atoms with Crippen LogP contribution in [0.5, 0.6) is 0 Å². The van der Waals surface area contributed by atoms with Gasteiger partial charge in [0.05, 0.1) is 0 Å². The van der Waals surface area contributed by atoms with Gasteiger partial charge >= 0.3 is 0 Å². The highest BCUT2D eigenvalue weighted by atomic mass is 127. The van der Waals surface area contributed by atoms with Gasteiger partial charge in [-0.15, -0.1) is 0 Å². The Morgan fingerprint density at radius 2 is 1.45 bits per heavy atom. The third kappa shape index (κ3) is 7.73. The van der Waals surface area contributed by atoms with Crippen molar-refractivity contribution >= 4 is 37.5 Å². The summed E-state index contributed by atoms with van der Waals surface area (Å²) >= 11 is 8.12. The molecule has 0 N–H and O–H groups in total. The molecule has 0 aliphatic rings. The van der Waals surface area contributed by atoms with Gasteiger partial charge in [-0.3, -0.25) is 0 Å². The molecule has 0 heterocycles. The molecule has 0 saturated heterocycles. The zero-order valence-electron chi connectivity index (χ0n) is 7.48. The van der Waals surface area contributed by atoms with Crippen molar-refractivity contribution in [2.75, 3.05) is 12.3 Å². The van der Waals surface area contributed by atoms with E-state index in [1.54, 1.807) is 0 Å². The largest absolute Gasteiger partial charge is 0.0864 e. The van der Waals surface area contributed by atoms with E-state index in [4.69, 9.17) is 11.8 Å². The summed E-state index contributed by atoms with van der Waals surface area (Å²) in [6.07, 6.45) is 7.91. The molecule has 3 heteroatoms. The van der Waals surface area contributed by atoms with E-state index in [1.807, 2.05) is 0 Å². The Hall–Kier alpha value is 1.38. The smallest absolute Gasteiger partial charge is 0.0129 e. The summed E-state index contributed by atoms with van der Waals surface area (Å²) in [5, 5.41) is 0. The normalized spacial score (nSPS) is 11.9. The Morgan fingerprint density at radius 1 is 1.09 bits per heavy atom. The van der Waals surface area contributed by atoms with E-state index in [0.29, 0.717) is 0 Å². The van der Waals surface area contributed by atoms with Crippen LogP contribution in [-0.2, 0) is 11.8 Å². The van der Waals surface area contributed by atoms with Gasteiger partial charge in [-0.2, -0.15) is 0 Å². The van der Waals surface area contributed by atoms with Crippen molar-refractivity contribution in [3.63, 3.8) is 0 Å². The molecule has 0 rings (SSSR count). The lowest BCUT2D eigenvalue weighted by atomic mass is 10.4. The first-order valence-corrected chi connectivity index (χ1v) is 10.4. The van der Waals surface area contributed by atoms with Gasteiger partial charge in [-0.1, -0.05) is 38.5 Å². The lowest BCUT2D eigenvalue weighted by molar-refractivity contribution is 0.873. The topological polar surface area (TPSA) is 0 Å². The van der Waals surface area contributed by atoms with Gasteiger partial charge in [0.2, 0.25) is 0 Å². The molecular weight excluding hydrogens is 286 g/mol. The van der Waals surface area contributed by atoms with E-state index < -0.39 is 3.68 Å². The van der Waals surface area contributed by atoms with Crippen LogP contribution >= 0.6 is 25.7 Å². The first-order chi connectivity index (χ1) is 5.12. The Labute approximate surface area is 89.0 Å². The fraction of sp³-hybridized carbons (Fsp3) is 1.00. The molecule has 0 unspecified atom stereocenters. The number of rotatable bonds is 6. The van der Waals surface area contributed by atoms with Gasteiger partial charge in [-0.05, 0) is 47.2 Å². The van der Waals surface area contributed by atoms with E-state index in [-0.39, 0.29) is 0 Å². The summed E-state index contributed by atoms with van der Waals surface area (Å²) in [5.74, 6) is 0.